The Kier molecular flexibility index (Phi) is 9.81. The van der Waals surface area contributed by atoms with Crippen LogP contribution in [0, 0.1) is 0 Å². The van der Waals surface area contributed by atoms with E-state index < -0.39 is 0 Å². The monoisotopic (exact) mass is 892 g/mol. The Hall–Kier alpha value is 4.65. The topological polar surface area (TPSA) is 0 Å². The number of hydrogen-bond acceptors (Lipinski definition) is 2. The molecule has 0 aromatic rings. The van der Waals surface area contributed by atoms with Gasteiger partial charge in [-0.25, -0.2) is 0 Å². The van der Waals surface area contributed by atoms with Gasteiger partial charge in [-0.15, -0.1) is 0 Å². The first-order valence-electron chi connectivity index (χ1n) is 7.17. The molecule has 0 N–H and O–H groups in total. The van der Waals surface area contributed by atoms with Crippen LogP contribution in [0.1, 0.15) is 25.7 Å². The van der Waals surface area contributed by atoms with Crippen LogP contribution in [0.2, 0.25) is 14.5 Å². The van der Waals surface area contributed by atoms with E-state index in [1.807, 2.05) is 2.52 Å². The third kappa shape index (κ3) is 7.90. The van der Waals surface area contributed by atoms with Gasteiger partial charge >= 0.3 is 193 Å². The molecule has 116 valence electrons. The second kappa shape index (κ2) is 10.1. The first-order chi connectivity index (χ1) is 9.69. The van der Waals surface area contributed by atoms with Gasteiger partial charge in [0, 0.05) is 0 Å². The van der Waals surface area contributed by atoms with Crippen molar-refractivity contribution < 1.29 is 0 Å². The van der Waals surface area contributed by atoms with E-state index in [-0.39, 0.29) is 0 Å². The Labute approximate surface area is 189 Å². The molecule has 0 aromatic carbocycles. The van der Waals surface area contributed by atoms with Gasteiger partial charge in [0.1, 0.15) is 0 Å². The van der Waals surface area contributed by atoms with E-state index in [4.69, 9.17) is 0 Å². The first-order valence-corrected chi connectivity index (χ1v) is 20.9. The summed E-state index contributed by atoms with van der Waals surface area (Å²) >= 11 is 10.2. The molecule has 6 atom stereocenters. The average molecular weight is 880 g/mol. The van der Waals surface area contributed by atoms with Crippen molar-refractivity contribution >= 4 is 131 Å². The molecule has 0 bridgehead atoms. The number of rotatable bonds is 8. The standard InChI is InChI=1S/C13H22S2Te5/c16-10(1-8-5-14-8)3-12-18-7-19-13(20-12)4-11(17)2-9-6-15-9/h8-13,16-17H,1-7H2. The molecule has 0 nitrogen and oxygen atoms in total. The minimum absolute atomic E-state index is 0.428. The van der Waals surface area contributed by atoms with Crippen molar-refractivity contribution in [1.82, 2.24) is 0 Å². The van der Waals surface area contributed by atoms with Crippen LogP contribution in [0.5, 0.6) is 0 Å². The zero-order valence-corrected chi connectivity index (χ0v) is 25.1. The fourth-order valence-corrected chi connectivity index (χ4v) is 53.3. The van der Waals surface area contributed by atoms with Crippen molar-refractivity contribution in [3.8, 4) is 0 Å². The molecule has 0 saturated carbocycles. The summed E-state index contributed by atoms with van der Waals surface area (Å²) in [5.74, 6) is 2.98. The van der Waals surface area contributed by atoms with Gasteiger partial charge in [0.15, 0.2) is 0 Å². The zero-order chi connectivity index (χ0) is 13.9. The predicted molar refractivity (Wildman–Crippen MR) is 102 cm³/mol. The second-order valence-corrected chi connectivity index (χ2v) is 32.6. The molecular weight excluding hydrogens is 858 g/mol. The fourth-order valence-electron chi connectivity index (χ4n) is 2.34. The molecule has 0 spiro atoms. The summed E-state index contributed by atoms with van der Waals surface area (Å²) < 4.78 is 6.81. The molecule has 0 aliphatic carbocycles. The summed E-state index contributed by atoms with van der Waals surface area (Å²) in [7, 11) is 0. The Morgan fingerprint density at radius 1 is 0.850 bits per heavy atom. The normalized spacial score (nSPS) is 39.3. The molecule has 3 saturated heterocycles. The quantitative estimate of drug-likeness (QED) is 0.271. The summed E-state index contributed by atoms with van der Waals surface area (Å²) in [6, 6.07) is 0. The molecule has 6 unspecified atom stereocenters. The van der Waals surface area contributed by atoms with Crippen LogP contribution >= 0.6 is 23.5 Å². The molecule has 0 amide bonds. The van der Waals surface area contributed by atoms with Crippen molar-refractivity contribution in [3.05, 3.63) is 0 Å². The minimum atomic E-state index is 0.428. The van der Waals surface area contributed by atoms with E-state index in [1.54, 1.807) is 25.7 Å². The Bertz CT molecular complexity index is 283. The molecule has 3 heterocycles. The number of hydrogen-bond donors (Lipinski definition) is 0. The van der Waals surface area contributed by atoms with Crippen LogP contribution in [0.15, 0.2) is 0 Å². The van der Waals surface area contributed by atoms with Gasteiger partial charge in [0.05, 0.1) is 0 Å². The maximum absolute atomic E-state index is 2.21. The average Bonchev–Trinajstić information content (AvgIpc) is 3.26. The van der Waals surface area contributed by atoms with E-state index in [1.165, 1.54) is 15.5 Å². The van der Waals surface area contributed by atoms with Crippen LogP contribution < -0.4 is 0 Å². The van der Waals surface area contributed by atoms with Crippen molar-refractivity contribution in [2.24, 2.45) is 0 Å². The van der Waals surface area contributed by atoms with Crippen molar-refractivity contribution in [1.29, 1.82) is 0 Å². The van der Waals surface area contributed by atoms with Gasteiger partial charge in [-0.2, -0.15) is 0 Å². The third-order valence-corrected chi connectivity index (χ3v) is 29.5. The second-order valence-electron chi connectivity index (χ2n) is 5.61. The first kappa shape index (κ1) is 19.4. The molecule has 20 heavy (non-hydrogen) atoms. The Balaban J connectivity index is 1.36. The van der Waals surface area contributed by atoms with Crippen LogP contribution in [-0.4, -0.2) is 129 Å². The SMILES string of the molecule is [TeH]C(CC1CS1)CC1[Te]C[Te]C(CC([TeH])CC2CS2)[Te]1. The number of thioether (sulfide) groups is 2. The van der Waals surface area contributed by atoms with Gasteiger partial charge in [0.25, 0.3) is 0 Å². The molecule has 3 aliphatic rings. The van der Waals surface area contributed by atoms with Crippen LogP contribution in [0.4, 0.5) is 0 Å². The van der Waals surface area contributed by atoms with E-state index in [2.05, 4.69) is 68.1 Å². The van der Waals surface area contributed by atoms with Gasteiger partial charge < -0.3 is 0 Å². The van der Waals surface area contributed by atoms with E-state index in [0.717, 1.165) is 18.4 Å². The Morgan fingerprint density at radius 2 is 1.30 bits per heavy atom. The molecule has 0 radical (unpaired) electrons. The summed E-state index contributed by atoms with van der Waals surface area (Å²) in [4.78, 5) is 0. The van der Waals surface area contributed by atoms with Gasteiger partial charge in [-0.1, -0.05) is 0 Å². The summed E-state index contributed by atoms with van der Waals surface area (Å²) in [6.45, 7) is 0. The van der Waals surface area contributed by atoms with Crippen LogP contribution in [-0.2, 0) is 0 Å². The predicted octanol–water partition coefficient (Wildman–Crippen LogP) is 2.15. The molecule has 3 rings (SSSR count). The van der Waals surface area contributed by atoms with Gasteiger partial charge in [-0.3, -0.25) is 0 Å². The van der Waals surface area contributed by atoms with E-state index in [9.17, 15) is 0 Å². The molecule has 3 fully saturated rings. The van der Waals surface area contributed by atoms with Crippen LogP contribution in [0.3, 0.4) is 0 Å². The molecule has 7 heteroatoms. The molecule has 0 aromatic heterocycles. The van der Waals surface area contributed by atoms with Crippen LogP contribution in [0.25, 0.3) is 0 Å². The summed E-state index contributed by atoms with van der Waals surface area (Å²) in [6.07, 6.45) is 6.54. The maximum atomic E-state index is 2.21. The zero-order valence-electron chi connectivity index (χ0n) is 11.3. The van der Waals surface area contributed by atoms with Gasteiger partial charge in [-0.05, 0) is 0 Å². The van der Waals surface area contributed by atoms with E-state index >= 15 is 0 Å². The molecule has 3 aliphatic heterocycles. The summed E-state index contributed by atoms with van der Waals surface area (Å²) in [5.41, 5.74) is 0. The summed E-state index contributed by atoms with van der Waals surface area (Å²) in [5, 5.41) is 2.19. The van der Waals surface area contributed by atoms with Crippen molar-refractivity contribution in [2.75, 3.05) is 11.5 Å². The van der Waals surface area contributed by atoms with Gasteiger partial charge in [0.2, 0.25) is 0 Å². The third-order valence-electron chi connectivity index (χ3n) is 3.62. The Morgan fingerprint density at radius 3 is 1.70 bits per heavy atom. The van der Waals surface area contributed by atoms with E-state index in [0.29, 0.717) is 62.8 Å². The molecular formula is C13H22S2Te5. The van der Waals surface area contributed by atoms with Crippen molar-refractivity contribution in [2.45, 2.75) is 50.7 Å². The van der Waals surface area contributed by atoms with Crippen molar-refractivity contribution in [3.63, 3.8) is 0 Å². The fraction of sp³-hybridized carbons (Fsp3) is 1.00.